The van der Waals surface area contributed by atoms with E-state index >= 15 is 0 Å². The molecule has 0 aliphatic carbocycles. The van der Waals surface area contributed by atoms with Gasteiger partial charge in [-0.2, -0.15) is 0 Å². The van der Waals surface area contributed by atoms with Crippen molar-refractivity contribution in [3.63, 3.8) is 0 Å². The summed E-state index contributed by atoms with van der Waals surface area (Å²) < 4.78 is 1.56. The Labute approximate surface area is 155 Å². The van der Waals surface area contributed by atoms with Gasteiger partial charge in [-0.15, -0.1) is 0 Å². The molecule has 0 fully saturated rings. The Morgan fingerprint density at radius 1 is 0.706 bits per heavy atom. The van der Waals surface area contributed by atoms with E-state index in [1.165, 1.54) is 0 Å². The van der Waals surface area contributed by atoms with Crippen molar-refractivity contribution in [1.82, 2.24) is 9.97 Å². The maximum Gasteiger partial charge on any atom is 1.00 e. The molecule has 0 bridgehead atoms. The topological polar surface area (TPSA) is 60.1 Å². The van der Waals surface area contributed by atoms with Crippen LogP contribution in [0, 0.1) is 9.28 Å². The van der Waals surface area contributed by atoms with Gasteiger partial charge in [0.05, 0.1) is 0 Å². The molecule has 0 radical (unpaired) electrons. The van der Waals surface area contributed by atoms with Crippen LogP contribution in [0.4, 0.5) is 0 Å². The van der Waals surface area contributed by atoms with Crippen molar-refractivity contribution in [3.8, 4) is 0 Å². The van der Waals surface area contributed by atoms with Crippen LogP contribution in [-0.2, 0) is 5.48 Å². The first-order valence-electron chi connectivity index (χ1n) is 4.06. The van der Waals surface area contributed by atoms with E-state index in [1.807, 2.05) is 48.8 Å². The molecule has 2 N–H and O–H groups in total. The third-order valence-electron chi connectivity index (χ3n) is 1.36. The number of H-pyrrole nitrogens is 2. The maximum absolute atomic E-state index is 4.76. The molecule has 0 unspecified atom stereocenters. The van der Waals surface area contributed by atoms with Gasteiger partial charge in [-0.3, -0.25) is 0 Å². The van der Waals surface area contributed by atoms with Crippen LogP contribution in [0.2, 0.25) is 0 Å². The van der Waals surface area contributed by atoms with Crippen molar-refractivity contribution in [3.05, 3.63) is 58.1 Å². The van der Waals surface area contributed by atoms with E-state index in [0.29, 0.717) is 0 Å². The zero-order chi connectivity index (χ0) is 10.2. The maximum atomic E-state index is 4.76. The van der Waals surface area contributed by atoms with Gasteiger partial charge < -0.3 is 15.4 Å². The number of aromatic amines is 2. The summed E-state index contributed by atoms with van der Waals surface area (Å²) in [5.74, 6) is 0. The van der Waals surface area contributed by atoms with Crippen LogP contribution in [0.25, 0.3) is 0 Å². The van der Waals surface area contributed by atoms with Crippen LogP contribution in [0.5, 0.6) is 0 Å². The van der Waals surface area contributed by atoms with Gasteiger partial charge in [0.1, 0.15) is 9.28 Å². The van der Waals surface area contributed by atoms with E-state index in [2.05, 4.69) is 9.97 Å². The van der Waals surface area contributed by atoms with Crippen molar-refractivity contribution < 1.29 is 64.6 Å². The first-order chi connectivity index (χ1) is 6.79. The molecule has 0 atom stereocenters. The second-order valence-electron chi connectivity index (χ2n) is 2.45. The minimum absolute atomic E-state index is 0. The number of hydrogen-bond donors (Lipinski definition) is 2. The molecule has 0 spiro atoms. The Bertz CT molecular complexity index is 407. The molecular formula is C10H10N2Na2OS2. The Balaban J connectivity index is -0.000000196. The van der Waals surface area contributed by atoms with Crippen molar-refractivity contribution in [2.45, 2.75) is 0 Å². The predicted octanol–water partition coefficient (Wildman–Crippen LogP) is -2.62. The van der Waals surface area contributed by atoms with Gasteiger partial charge in [0.15, 0.2) is 0 Å². The van der Waals surface area contributed by atoms with Gasteiger partial charge in [0, 0.05) is 12.4 Å². The van der Waals surface area contributed by atoms with Gasteiger partial charge >= 0.3 is 59.1 Å². The fourth-order valence-electron chi connectivity index (χ4n) is 0.754. The van der Waals surface area contributed by atoms with Gasteiger partial charge in [-0.05, 0) is 24.3 Å². The first kappa shape index (κ1) is 22.8. The monoisotopic (exact) mass is 284 g/mol. The average Bonchev–Trinajstić information content (AvgIpc) is 2.21. The van der Waals surface area contributed by atoms with Crippen LogP contribution in [0.15, 0.2) is 48.8 Å². The number of nitrogens with one attached hydrogen (secondary N) is 2. The van der Waals surface area contributed by atoms with Crippen molar-refractivity contribution in [1.29, 1.82) is 0 Å². The van der Waals surface area contributed by atoms with Gasteiger partial charge in [0.25, 0.3) is 0 Å². The standard InChI is InChI=1S/2C5H5NS.2Na.O/c2*7-5-3-1-2-4-6-5;;;/h2*1-4H,(H,6,7);;;/q;;2*+1;-2. The Kier molecular flexibility index (Phi) is 19.8. The molecule has 2 aromatic heterocycles. The van der Waals surface area contributed by atoms with E-state index in [0.717, 1.165) is 9.28 Å². The molecule has 17 heavy (non-hydrogen) atoms. The number of pyridine rings is 2. The summed E-state index contributed by atoms with van der Waals surface area (Å²) in [6.07, 6.45) is 3.62. The summed E-state index contributed by atoms with van der Waals surface area (Å²) in [5, 5.41) is 0. The molecule has 2 heterocycles. The molecule has 0 saturated carbocycles. The molecule has 0 aliphatic rings. The van der Waals surface area contributed by atoms with Gasteiger partial charge in [-0.1, -0.05) is 36.6 Å². The van der Waals surface area contributed by atoms with E-state index in [9.17, 15) is 0 Å². The average molecular weight is 284 g/mol. The SMILES string of the molecule is S=c1cccc[nH]1.S=c1cccc[nH]1.[Na+].[Na+].[O-2]. The molecule has 0 amide bonds. The molecule has 2 aromatic rings. The molecule has 80 valence electrons. The summed E-state index contributed by atoms with van der Waals surface area (Å²) in [7, 11) is 0. The summed E-state index contributed by atoms with van der Waals surface area (Å²) in [6.45, 7) is 0. The predicted molar refractivity (Wildman–Crippen MR) is 63.9 cm³/mol. The summed E-state index contributed by atoms with van der Waals surface area (Å²) in [5.41, 5.74) is 0. The molecule has 2 rings (SSSR count). The molecule has 0 saturated heterocycles. The van der Waals surface area contributed by atoms with Crippen molar-refractivity contribution >= 4 is 24.4 Å². The van der Waals surface area contributed by atoms with E-state index in [1.54, 1.807) is 0 Å². The van der Waals surface area contributed by atoms with E-state index in [4.69, 9.17) is 24.4 Å². The normalized spacial score (nSPS) is 7.06. The van der Waals surface area contributed by atoms with Crippen molar-refractivity contribution in [2.24, 2.45) is 0 Å². The quantitative estimate of drug-likeness (QED) is 0.411. The van der Waals surface area contributed by atoms with E-state index in [-0.39, 0.29) is 64.6 Å². The number of aromatic nitrogens is 2. The minimum Gasteiger partial charge on any atom is -2.00 e. The fraction of sp³-hybridized carbons (Fsp3) is 0. The second-order valence-corrected chi connectivity index (χ2v) is 3.33. The molecular weight excluding hydrogens is 274 g/mol. The van der Waals surface area contributed by atoms with Crippen LogP contribution in [0.3, 0.4) is 0 Å². The molecule has 7 heteroatoms. The number of rotatable bonds is 0. The van der Waals surface area contributed by atoms with Gasteiger partial charge in [0.2, 0.25) is 0 Å². The largest absolute Gasteiger partial charge is 2.00 e. The molecule has 0 aliphatic heterocycles. The third-order valence-corrected chi connectivity index (χ3v) is 1.87. The second kappa shape index (κ2) is 14.8. The van der Waals surface area contributed by atoms with Crippen LogP contribution >= 0.6 is 24.4 Å². The van der Waals surface area contributed by atoms with Crippen molar-refractivity contribution in [2.75, 3.05) is 0 Å². The smallest absolute Gasteiger partial charge is 1.00 e. The minimum atomic E-state index is 0. The van der Waals surface area contributed by atoms with Gasteiger partial charge in [-0.25, -0.2) is 0 Å². The zero-order valence-electron chi connectivity index (χ0n) is 9.84. The zero-order valence-corrected chi connectivity index (χ0v) is 15.5. The summed E-state index contributed by atoms with van der Waals surface area (Å²) in [4.78, 5) is 5.69. The van der Waals surface area contributed by atoms with Crippen LogP contribution in [-0.4, -0.2) is 9.97 Å². The molecule has 0 aromatic carbocycles. The third kappa shape index (κ3) is 12.9. The Hall–Kier alpha value is 0.700. The number of hydrogen-bond acceptors (Lipinski definition) is 2. The fourth-order valence-corrected chi connectivity index (χ4v) is 1.05. The molecule has 3 nitrogen and oxygen atoms in total. The Morgan fingerprint density at radius 3 is 1.18 bits per heavy atom. The van der Waals surface area contributed by atoms with Crippen LogP contribution in [0.1, 0.15) is 0 Å². The first-order valence-corrected chi connectivity index (χ1v) is 4.88. The summed E-state index contributed by atoms with van der Waals surface area (Å²) >= 11 is 9.51. The van der Waals surface area contributed by atoms with Crippen LogP contribution < -0.4 is 59.1 Å². The summed E-state index contributed by atoms with van der Waals surface area (Å²) in [6, 6.07) is 11.3. The Morgan fingerprint density at radius 2 is 1.06 bits per heavy atom. The van der Waals surface area contributed by atoms with E-state index < -0.39 is 0 Å².